The first-order valence-electron chi connectivity index (χ1n) is 7.81. The van der Waals surface area contributed by atoms with Gasteiger partial charge in [-0.2, -0.15) is 0 Å². The molecule has 0 atom stereocenters. The fourth-order valence-corrected chi connectivity index (χ4v) is 3.31. The van der Waals surface area contributed by atoms with Crippen LogP contribution < -0.4 is 5.32 Å². The van der Waals surface area contributed by atoms with Crippen LogP contribution in [0.1, 0.15) is 11.3 Å². The lowest BCUT2D eigenvalue weighted by molar-refractivity contribution is -0.120. The second-order valence-corrected chi connectivity index (χ2v) is 6.85. The van der Waals surface area contributed by atoms with E-state index < -0.39 is 0 Å². The maximum absolute atomic E-state index is 12.8. The van der Waals surface area contributed by atoms with E-state index in [0.29, 0.717) is 18.0 Å². The highest BCUT2D eigenvalue weighted by Gasteiger charge is 2.07. The standard InChI is InChI=1S/C19H16ClFN2OS/c20-15-5-3-14(4-6-15)19-23-17(12-25-19)9-10-22-18(24)11-13-1-7-16(21)8-2-13/h1-8,12H,9-11H2,(H,22,24). The van der Waals surface area contributed by atoms with Crippen LogP contribution in [-0.4, -0.2) is 17.4 Å². The molecule has 3 rings (SSSR count). The monoisotopic (exact) mass is 374 g/mol. The summed E-state index contributed by atoms with van der Waals surface area (Å²) in [5, 5.41) is 6.49. The van der Waals surface area contributed by atoms with Crippen molar-refractivity contribution < 1.29 is 9.18 Å². The van der Waals surface area contributed by atoms with E-state index in [-0.39, 0.29) is 18.1 Å². The molecule has 0 bridgehead atoms. The molecule has 0 radical (unpaired) electrons. The number of thiazole rings is 1. The number of hydrogen-bond acceptors (Lipinski definition) is 3. The summed E-state index contributed by atoms with van der Waals surface area (Å²) >= 11 is 7.46. The van der Waals surface area contributed by atoms with Gasteiger partial charge in [-0.3, -0.25) is 4.79 Å². The SMILES string of the molecule is O=C(Cc1ccc(F)cc1)NCCc1csc(-c2ccc(Cl)cc2)n1. The number of hydrogen-bond donors (Lipinski definition) is 1. The van der Waals surface area contributed by atoms with E-state index in [0.717, 1.165) is 21.8 Å². The van der Waals surface area contributed by atoms with E-state index in [1.54, 1.807) is 23.5 Å². The van der Waals surface area contributed by atoms with Crippen LogP contribution in [0.3, 0.4) is 0 Å². The predicted octanol–water partition coefficient (Wildman–Crippen LogP) is 4.50. The van der Waals surface area contributed by atoms with E-state index in [9.17, 15) is 9.18 Å². The van der Waals surface area contributed by atoms with Crippen molar-refractivity contribution in [3.8, 4) is 10.6 Å². The van der Waals surface area contributed by atoms with Gasteiger partial charge in [-0.05, 0) is 29.8 Å². The molecule has 3 nitrogen and oxygen atoms in total. The Morgan fingerprint density at radius 3 is 2.56 bits per heavy atom. The Bertz CT molecular complexity index is 847. The van der Waals surface area contributed by atoms with Gasteiger partial charge in [0, 0.05) is 28.9 Å². The van der Waals surface area contributed by atoms with E-state index in [1.807, 2.05) is 29.6 Å². The zero-order valence-electron chi connectivity index (χ0n) is 13.3. The molecule has 2 aromatic carbocycles. The Kier molecular flexibility index (Phi) is 5.79. The average molecular weight is 375 g/mol. The fourth-order valence-electron chi connectivity index (χ4n) is 2.33. The summed E-state index contributed by atoms with van der Waals surface area (Å²) in [5.74, 6) is -0.385. The number of carbonyl (C=O) groups is 1. The second kappa shape index (κ2) is 8.23. The average Bonchev–Trinajstić information content (AvgIpc) is 3.06. The molecule has 1 heterocycles. The topological polar surface area (TPSA) is 42.0 Å². The van der Waals surface area contributed by atoms with Gasteiger partial charge in [-0.25, -0.2) is 9.37 Å². The number of rotatable bonds is 6. The summed E-state index contributed by atoms with van der Waals surface area (Å²) in [6, 6.07) is 13.5. The molecule has 6 heteroatoms. The quantitative estimate of drug-likeness (QED) is 0.690. The lowest BCUT2D eigenvalue weighted by Crippen LogP contribution is -2.27. The van der Waals surface area contributed by atoms with Crippen molar-refractivity contribution in [2.75, 3.05) is 6.54 Å². The van der Waals surface area contributed by atoms with Crippen LogP contribution in [0.2, 0.25) is 5.02 Å². The minimum atomic E-state index is -0.302. The van der Waals surface area contributed by atoms with Gasteiger partial charge in [0.15, 0.2) is 0 Å². The predicted molar refractivity (Wildman–Crippen MR) is 99.4 cm³/mol. The molecule has 25 heavy (non-hydrogen) atoms. The first kappa shape index (κ1) is 17.6. The molecule has 0 spiro atoms. The molecule has 0 aliphatic heterocycles. The molecule has 0 aliphatic carbocycles. The summed E-state index contributed by atoms with van der Waals surface area (Å²) in [7, 11) is 0. The Morgan fingerprint density at radius 2 is 1.84 bits per heavy atom. The smallest absolute Gasteiger partial charge is 0.224 e. The van der Waals surface area contributed by atoms with Crippen molar-refractivity contribution in [3.05, 3.63) is 76.0 Å². The molecular weight excluding hydrogens is 359 g/mol. The molecule has 1 aromatic heterocycles. The van der Waals surface area contributed by atoms with Crippen molar-refractivity contribution in [1.29, 1.82) is 0 Å². The molecule has 128 valence electrons. The van der Waals surface area contributed by atoms with Crippen molar-refractivity contribution in [2.24, 2.45) is 0 Å². The highest BCUT2D eigenvalue weighted by Crippen LogP contribution is 2.25. The molecule has 1 N–H and O–H groups in total. The number of benzene rings is 2. The number of amides is 1. The maximum Gasteiger partial charge on any atom is 0.224 e. The molecule has 3 aromatic rings. The number of nitrogens with one attached hydrogen (secondary N) is 1. The van der Waals surface area contributed by atoms with Gasteiger partial charge in [0.05, 0.1) is 12.1 Å². The fraction of sp³-hybridized carbons (Fsp3) is 0.158. The Hall–Kier alpha value is -2.24. The second-order valence-electron chi connectivity index (χ2n) is 5.55. The van der Waals surface area contributed by atoms with Crippen molar-refractivity contribution >= 4 is 28.8 Å². The number of aromatic nitrogens is 1. The van der Waals surface area contributed by atoms with Crippen LogP contribution in [0.5, 0.6) is 0 Å². The van der Waals surface area contributed by atoms with E-state index in [1.165, 1.54) is 12.1 Å². The lowest BCUT2D eigenvalue weighted by Gasteiger charge is -2.04. The summed E-state index contributed by atoms with van der Waals surface area (Å²) in [4.78, 5) is 16.5. The molecule has 0 unspecified atom stereocenters. The molecule has 0 aliphatic rings. The lowest BCUT2D eigenvalue weighted by atomic mass is 10.1. The van der Waals surface area contributed by atoms with Crippen LogP contribution in [0.4, 0.5) is 4.39 Å². The van der Waals surface area contributed by atoms with Gasteiger partial charge in [0.1, 0.15) is 10.8 Å². The summed E-state index contributed by atoms with van der Waals surface area (Å²) < 4.78 is 12.8. The van der Waals surface area contributed by atoms with E-state index >= 15 is 0 Å². The molecule has 0 fully saturated rings. The Balaban J connectivity index is 1.48. The Labute approximate surface area is 154 Å². The molecule has 0 saturated heterocycles. The van der Waals surface area contributed by atoms with Crippen LogP contribution in [0.15, 0.2) is 53.9 Å². The van der Waals surface area contributed by atoms with Gasteiger partial charge >= 0.3 is 0 Å². The molecular formula is C19H16ClFN2OS. The first-order chi connectivity index (χ1) is 12.1. The summed E-state index contributed by atoms with van der Waals surface area (Å²) in [6.07, 6.45) is 0.909. The van der Waals surface area contributed by atoms with Crippen LogP contribution in [0.25, 0.3) is 10.6 Å². The summed E-state index contributed by atoms with van der Waals surface area (Å²) in [5.41, 5.74) is 2.76. The van der Waals surface area contributed by atoms with Gasteiger partial charge < -0.3 is 5.32 Å². The van der Waals surface area contributed by atoms with Crippen LogP contribution >= 0.6 is 22.9 Å². The number of nitrogens with zero attached hydrogens (tertiary/aromatic N) is 1. The molecule has 1 amide bonds. The number of halogens is 2. The zero-order chi connectivity index (χ0) is 17.6. The van der Waals surface area contributed by atoms with Gasteiger partial charge in [-0.15, -0.1) is 11.3 Å². The minimum Gasteiger partial charge on any atom is -0.355 e. The zero-order valence-corrected chi connectivity index (χ0v) is 14.9. The largest absolute Gasteiger partial charge is 0.355 e. The third-order valence-electron chi connectivity index (χ3n) is 3.62. The maximum atomic E-state index is 12.8. The van der Waals surface area contributed by atoms with E-state index in [4.69, 9.17) is 11.6 Å². The van der Waals surface area contributed by atoms with Crippen molar-refractivity contribution in [3.63, 3.8) is 0 Å². The number of carbonyl (C=O) groups excluding carboxylic acids is 1. The van der Waals surface area contributed by atoms with Crippen LogP contribution in [-0.2, 0) is 17.6 Å². The summed E-state index contributed by atoms with van der Waals surface area (Å²) in [6.45, 7) is 0.518. The highest BCUT2D eigenvalue weighted by molar-refractivity contribution is 7.13. The third kappa shape index (κ3) is 5.11. The highest BCUT2D eigenvalue weighted by atomic mass is 35.5. The van der Waals surface area contributed by atoms with Gasteiger partial charge in [0.2, 0.25) is 5.91 Å². The van der Waals surface area contributed by atoms with Gasteiger partial charge in [-0.1, -0.05) is 35.9 Å². The van der Waals surface area contributed by atoms with Gasteiger partial charge in [0.25, 0.3) is 0 Å². The third-order valence-corrected chi connectivity index (χ3v) is 4.82. The van der Waals surface area contributed by atoms with Crippen molar-refractivity contribution in [1.82, 2.24) is 10.3 Å². The first-order valence-corrected chi connectivity index (χ1v) is 9.07. The van der Waals surface area contributed by atoms with E-state index in [2.05, 4.69) is 10.3 Å². The minimum absolute atomic E-state index is 0.0836. The van der Waals surface area contributed by atoms with Crippen LogP contribution in [0, 0.1) is 5.82 Å². The van der Waals surface area contributed by atoms with Crippen molar-refractivity contribution in [2.45, 2.75) is 12.8 Å². The molecule has 0 saturated carbocycles. The Morgan fingerprint density at radius 1 is 1.12 bits per heavy atom. The normalized spacial score (nSPS) is 10.6.